The molecule has 2 heteroatoms. The Morgan fingerprint density at radius 2 is 2.07 bits per heavy atom. The first kappa shape index (κ1) is 11.5. The fourth-order valence-corrected chi connectivity index (χ4v) is 1.38. The van der Waals surface area contributed by atoms with Gasteiger partial charge in [-0.2, -0.15) is 0 Å². The van der Waals surface area contributed by atoms with Crippen molar-refractivity contribution in [1.29, 1.82) is 0 Å². The van der Waals surface area contributed by atoms with E-state index in [-0.39, 0.29) is 0 Å². The summed E-state index contributed by atoms with van der Waals surface area (Å²) < 4.78 is 0. The molecule has 1 heterocycles. The van der Waals surface area contributed by atoms with Crippen molar-refractivity contribution < 1.29 is 0 Å². The fourth-order valence-electron chi connectivity index (χ4n) is 1.38. The summed E-state index contributed by atoms with van der Waals surface area (Å²) in [4.78, 5) is 4.50. The number of nitrogens with one attached hydrogen (secondary N) is 1. The van der Waals surface area contributed by atoms with E-state index in [4.69, 9.17) is 0 Å². The molecule has 0 radical (unpaired) electrons. The van der Waals surface area contributed by atoms with Crippen molar-refractivity contribution in [1.82, 2.24) is 5.32 Å². The van der Waals surface area contributed by atoms with Crippen LogP contribution in [0.25, 0.3) is 0 Å². The van der Waals surface area contributed by atoms with Crippen molar-refractivity contribution in [2.24, 2.45) is 16.3 Å². The van der Waals surface area contributed by atoms with Crippen molar-refractivity contribution in [3.05, 3.63) is 0 Å². The maximum atomic E-state index is 4.50. The van der Waals surface area contributed by atoms with Crippen LogP contribution in [0.2, 0.25) is 0 Å². The van der Waals surface area contributed by atoms with Gasteiger partial charge in [0.2, 0.25) is 0 Å². The number of aliphatic imine (C=N–C) groups is 1. The van der Waals surface area contributed by atoms with Crippen LogP contribution in [0, 0.1) is 11.3 Å². The van der Waals surface area contributed by atoms with Gasteiger partial charge in [0.05, 0.1) is 5.84 Å². The predicted octanol–water partition coefficient (Wildman–Crippen LogP) is 2.84. The van der Waals surface area contributed by atoms with Crippen molar-refractivity contribution in [2.45, 2.75) is 47.0 Å². The lowest BCUT2D eigenvalue weighted by Crippen LogP contribution is -2.37. The lowest BCUT2D eigenvalue weighted by atomic mass is 9.81. The Labute approximate surface area is 88.2 Å². The van der Waals surface area contributed by atoms with Crippen LogP contribution in [0.3, 0.4) is 0 Å². The molecule has 0 saturated heterocycles. The quantitative estimate of drug-likeness (QED) is 0.737. The van der Waals surface area contributed by atoms with Crippen molar-refractivity contribution in [3.8, 4) is 0 Å². The van der Waals surface area contributed by atoms with E-state index in [0.29, 0.717) is 11.3 Å². The molecule has 14 heavy (non-hydrogen) atoms. The Morgan fingerprint density at radius 3 is 2.57 bits per heavy atom. The highest BCUT2D eigenvalue weighted by Crippen LogP contribution is 2.24. The van der Waals surface area contributed by atoms with Crippen LogP contribution < -0.4 is 5.32 Å². The number of hydrogen-bond acceptors (Lipinski definition) is 2. The first-order valence-electron chi connectivity index (χ1n) is 5.79. The molecule has 1 aliphatic rings. The van der Waals surface area contributed by atoms with Gasteiger partial charge >= 0.3 is 0 Å². The van der Waals surface area contributed by atoms with Crippen LogP contribution in [0.4, 0.5) is 0 Å². The average Bonchev–Trinajstić information content (AvgIpc) is 2.16. The molecule has 1 aliphatic heterocycles. The third kappa shape index (κ3) is 3.32. The summed E-state index contributed by atoms with van der Waals surface area (Å²) in [6.45, 7) is 11.3. The van der Waals surface area contributed by atoms with Gasteiger partial charge in [-0.25, -0.2) is 0 Å². The van der Waals surface area contributed by atoms with Gasteiger partial charge in [0.25, 0.3) is 0 Å². The second kappa shape index (κ2) is 4.81. The van der Waals surface area contributed by atoms with E-state index in [0.717, 1.165) is 19.5 Å². The van der Waals surface area contributed by atoms with Gasteiger partial charge in [-0.1, -0.05) is 27.7 Å². The Morgan fingerprint density at radius 1 is 1.36 bits per heavy atom. The SMILES string of the molecule is CC(C)C(C)(C)CNC1=NCCCC1. The van der Waals surface area contributed by atoms with Gasteiger partial charge < -0.3 is 5.32 Å². The summed E-state index contributed by atoms with van der Waals surface area (Å²) in [5.74, 6) is 1.93. The molecular formula is C12H24N2. The summed E-state index contributed by atoms with van der Waals surface area (Å²) in [5.41, 5.74) is 0.361. The largest absolute Gasteiger partial charge is 0.373 e. The first-order valence-corrected chi connectivity index (χ1v) is 5.79. The smallest absolute Gasteiger partial charge is 0.0963 e. The van der Waals surface area contributed by atoms with Gasteiger partial charge in [-0.05, 0) is 24.2 Å². The van der Waals surface area contributed by atoms with Crippen LogP contribution in [0.1, 0.15) is 47.0 Å². The highest BCUT2D eigenvalue weighted by Gasteiger charge is 2.22. The topological polar surface area (TPSA) is 24.4 Å². The van der Waals surface area contributed by atoms with E-state index in [1.165, 1.54) is 18.7 Å². The predicted molar refractivity (Wildman–Crippen MR) is 62.8 cm³/mol. The number of hydrogen-bond donors (Lipinski definition) is 1. The Balaban J connectivity index is 2.35. The Hall–Kier alpha value is -0.530. The van der Waals surface area contributed by atoms with Crippen LogP contribution in [0.5, 0.6) is 0 Å². The second-order valence-corrected chi connectivity index (χ2v) is 5.28. The molecule has 0 spiro atoms. The van der Waals surface area contributed by atoms with Gasteiger partial charge in [0.15, 0.2) is 0 Å². The molecule has 82 valence electrons. The van der Waals surface area contributed by atoms with Crippen LogP contribution in [0.15, 0.2) is 4.99 Å². The monoisotopic (exact) mass is 196 g/mol. The summed E-state index contributed by atoms with van der Waals surface area (Å²) >= 11 is 0. The van der Waals surface area contributed by atoms with E-state index in [1.807, 2.05) is 0 Å². The minimum Gasteiger partial charge on any atom is -0.373 e. The highest BCUT2D eigenvalue weighted by atomic mass is 15.0. The number of nitrogens with zero attached hydrogens (tertiary/aromatic N) is 1. The van der Waals surface area contributed by atoms with Gasteiger partial charge in [0, 0.05) is 19.5 Å². The minimum absolute atomic E-state index is 0.361. The molecule has 1 rings (SSSR count). The summed E-state index contributed by atoms with van der Waals surface area (Å²) in [5, 5.41) is 3.49. The molecule has 0 aliphatic carbocycles. The zero-order chi connectivity index (χ0) is 10.6. The molecule has 2 nitrogen and oxygen atoms in total. The second-order valence-electron chi connectivity index (χ2n) is 5.28. The minimum atomic E-state index is 0.361. The maximum absolute atomic E-state index is 4.50. The van der Waals surface area contributed by atoms with Crippen LogP contribution in [-0.4, -0.2) is 18.9 Å². The third-order valence-electron chi connectivity index (χ3n) is 3.44. The van der Waals surface area contributed by atoms with Crippen molar-refractivity contribution in [2.75, 3.05) is 13.1 Å². The summed E-state index contributed by atoms with van der Waals surface area (Å²) in [7, 11) is 0. The van der Waals surface area contributed by atoms with E-state index in [2.05, 4.69) is 38.0 Å². The number of amidine groups is 1. The molecule has 0 saturated carbocycles. The normalized spacial score (nSPS) is 18.2. The van der Waals surface area contributed by atoms with Gasteiger partial charge in [-0.15, -0.1) is 0 Å². The molecule has 0 aromatic rings. The van der Waals surface area contributed by atoms with Crippen molar-refractivity contribution in [3.63, 3.8) is 0 Å². The Bertz CT molecular complexity index is 204. The molecule has 0 unspecified atom stereocenters. The van der Waals surface area contributed by atoms with Crippen LogP contribution >= 0.6 is 0 Å². The first-order chi connectivity index (χ1) is 6.52. The van der Waals surface area contributed by atoms with Crippen LogP contribution in [-0.2, 0) is 0 Å². The van der Waals surface area contributed by atoms with E-state index < -0.39 is 0 Å². The maximum Gasteiger partial charge on any atom is 0.0963 e. The van der Waals surface area contributed by atoms with Gasteiger partial charge in [-0.3, -0.25) is 4.99 Å². The zero-order valence-electron chi connectivity index (χ0n) is 10.1. The average molecular weight is 196 g/mol. The molecule has 0 aromatic carbocycles. The molecule has 0 fully saturated rings. The standard InChI is InChI=1S/C12H24N2/c1-10(2)12(3,4)9-14-11-7-5-6-8-13-11/h10H,5-9H2,1-4H3,(H,13,14). The molecule has 0 atom stereocenters. The lowest BCUT2D eigenvalue weighted by Gasteiger charge is -2.30. The van der Waals surface area contributed by atoms with E-state index >= 15 is 0 Å². The molecule has 0 bridgehead atoms. The fraction of sp³-hybridized carbons (Fsp3) is 0.917. The lowest BCUT2D eigenvalue weighted by molar-refractivity contribution is 0.250. The number of rotatable bonds is 3. The molecule has 0 amide bonds. The van der Waals surface area contributed by atoms with Crippen molar-refractivity contribution >= 4 is 5.84 Å². The van der Waals surface area contributed by atoms with E-state index in [1.54, 1.807) is 0 Å². The zero-order valence-corrected chi connectivity index (χ0v) is 10.1. The third-order valence-corrected chi connectivity index (χ3v) is 3.44. The highest BCUT2D eigenvalue weighted by molar-refractivity contribution is 5.82. The summed E-state index contributed by atoms with van der Waals surface area (Å²) in [6, 6.07) is 0. The molecule has 0 aromatic heterocycles. The Kier molecular flexibility index (Phi) is 3.97. The molecule has 1 N–H and O–H groups in total. The van der Waals surface area contributed by atoms with E-state index in [9.17, 15) is 0 Å². The molecular weight excluding hydrogens is 172 g/mol. The summed E-state index contributed by atoms with van der Waals surface area (Å²) in [6.07, 6.45) is 3.71. The van der Waals surface area contributed by atoms with Gasteiger partial charge in [0.1, 0.15) is 0 Å².